The van der Waals surface area contributed by atoms with Crippen molar-refractivity contribution in [1.82, 2.24) is 5.32 Å². The minimum absolute atomic E-state index is 0. The van der Waals surface area contributed by atoms with Gasteiger partial charge in [0, 0.05) is 0 Å². The van der Waals surface area contributed by atoms with E-state index in [1.165, 1.54) is 0 Å². The molecular weight excluding hydrogens is 142 g/mol. The van der Waals surface area contributed by atoms with Crippen LogP contribution in [0.5, 0.6) is 0 Å². The zero-order chi connectivity index (χ0) is 5.98. The van der Waals surface area contributed by atoms with E-state index >= 15 is 0 Å². The first-order valence-corrected chi connectivity index (χ1v) is 2.87. The van der Waals surface area contributed by atoms with E-state index in [2.05, 4.69) is 5.32 Å². The number of rotatable bonds is 1. The van der Waals surface area contributed by atoms with Crippen LogP contribution in [0.1, 0.15) is 6.42 Å². The summed E-state index contributed by atoms with van der Waals surface area (Å²) in [7, 11) is 0. The topological polar surface area (TPSA) is 52.5 Å². The van der Waals surface area contributed by atoms with Crippen molar-refractivity contribution in [1.29, 1.82) is 0 Å². The lowest BCUT2D eigenvalue weighted by atomic mass is 10.2. The van der Waals surface area contributed by atoms with E-state index in [1.54, 1.807) is 0 Å². The molecule has 0 saturated carbocycles. The highest BCUT2D eigenvalue weighted by molar-refractivity contribution is 5.85. The van der Waals surface area contributed by atoms with Gasteiger partial charge in [0.2, 0.25) is 0 Å². The molecule has 1 rings (SSSR count). The zero-order valence-corrected chi connectivity index (χ0v) is 5.90. The second-order valence-electron chi connectivity index (χ2n) is 2.10. The van der Waals surface area contributed by atoms with Crippen LogP contribution in [0, 0.1) is 0 Å². The monoisotopic (exact) mass is 153 g/mol. The standard InChI is InChI=1S/C5H11NO2.ClH/c7-3-4-5(8)1-2-6-4;/h4-8H,1-3H2;1H/t4-,5+;/m0./s1. The maximum Gasteiger partial charge on any atom is 0.0727 e. The Labute approximate surface area is 60.5 Å². The molecule has 2 atom stereocenters. The third-order valence-electron chi connectivity index (χ3n) is 1.51. The van der Waals surface area contributed by atoms with E-state index in [-0.39, 0.29) is 31.2 Å². The van der Waals surface area contributed by atoms with Crippen molar-refractivity contribution in [2.75, 3.05) is 13.2 Å². The Bertz CT molecular complexity index is 81.4. The van der Waals surface area contributed by atoms with Gasteiger partial charge in [-0.15, -0.1) is 12.4 Å². The predicted molar refractivity (Wildman–Crippen MR) is 36.7 cm³/mol. The van der Waals surface area contributed by atoms with Crippen LogP contribution in [0.4, 0.5) is 0 Å². The molecular formula is C5H12ClNO2. The van der Waals surface area contributed by atoms with Gasteiger partial charge in [-0.1, -0.05) is 0 Å². The maximum atomic E-state index is 8.97. The molecule has 0 aliphatic carbocycles. The van der Waals surface area contributed by atoms with Crippen LogP contribution < -0.4 is 5.32 Å². The molecule has 0 spiro atoms. The minimum atomic E-state index is -0.333. The van der Waals surface area contributed by atoms with Gasteiger partial charge < -0.3 is 15.5 Å². The smallest absolute Gasteiger partial charge is 0.0727 e. The van der Waals surface area contributed by atoms with Gasteiger partial charge in [-0.3, -0.25) is 0 Å². The van der Waals surface area contributed by atoms with Crippen LogP contribution in [-0.2, 0) is 0 Å². The van der Waals surface area contributed by atoms with Crippen molar-refractivity contribution < 1.29 is 10.2 Å². The highest BCUT2D eigenvalue weighted by atomic mass is 35.5. The molecule has 3 nitrogen and oxygen atoms in total. The molecule has 1 aliphatic rings. The lowest BCUT2D eigenvalue weighted by Gasteiger charge is -2.09. The molecule has 4 heteroatoms. The number of halogens is 1. The van der Waals surface area contributed by atoms with Gasteiger partial charge in [0.05, 0.1) is 18.8 Å². The van der Waals surface area contributed by atoms with Crippen LogP contribution in [-0.4, -0.2) is 35.5 Å². The van der Waals surface area contributed by atoms with Crippen molar-refractivity contribution in [3.63, 3.8) is 0 Å². The summed E-state index contributed by atoms with van der Waals surface area (Å²) in [6.45, 7) is 0.869. The number of aliphatic hydroxyl groups is 2. The maximum absolute atomic E-state index is 8.97. The third-order valence-corrected chi connectivity index (χ3v) is 1.51. The fraction of sp³-hybridized carbons (Fsp3) is 1.00. The Hall–Kier alpha value is 0.170. The SMILES string of the molecule is Cl.OC[C@@H]1NCC[C@H]1O. The predicted octanol–water partition coefficient (Wildman–Crippen LogP) is -0.877. The Balaban J connectivity index is 0.000000640. The van der Waals surface area contributed by atoms with Gasteiger partial charge >= 0.3 is 0 Å². The molecule has 0 bridgehead atoms. The second-order valence-corrected chi connectivity index (χ2v) is 2.10. The molecule has 0 aromatic heterocycles. The highest BCUT2D eigenvalue weighted by Gasteiger charge is 2.22. The first kappa shape index (κ1) is 9.17. The number of aliphatic hydroxyl groups excluding tert-OH is 2. The van der Waals surface area contributed by atoms with Crippen LogP contribution in [0.2, 0.25) is 0 Å². The Morgan fingerprint density at radius 2 is 2.22 bits per heavy atom. The molecule has 1 saturated heterocycles. The van der Waals surface area contributed by atoms with E-state index in [0.29, 0.717) is 0 Å². The number of hydrogen-bond donors (Lipinski definition) is 3. The van der Waals surface area contributed by atoms with Crippen molar-refractivity contribution in [2.24, 2.45) is 0 Å². The van der Waals surface area contributed by atoms with Crippen molar-refractivity contribution in [3.05, 3.63) is 0 Å². The Kier molecular flexibility index (Phi) is 4.14. The van der Waals surface area contributed by atoms with Crippen LogP contribution >= 0.6 is 12.4 Å². The lowest BCUT2D eigenvalue weighted by Crippen LogP contribution is -2.33. The van der Waals surface area contributed by atoms with Crippen LogP contribution in [0.25, 0.3) is 0 Å². The summed E-state index contributed by atoms with van der Waals surface area (Å²) in [6, 6.07) is -0.0741. The summed E-state index contributed by atoms with van der Waals surface area (Å²) >= 11 is 0. The molecule has 1 heterocycles. The molecule has 0 aromatic rings. The largest absolute Gasteiger partial charge is 0.395 e. The van der Waals surface area contributed by atoms with Gasteiger partial charge in [-0.2, -0.15) is 0 Å². The molecule has 56 valence electrons. The summed E-state index contributed by atoms with van der Waals surface area (Å²) in [5, 5.41) is 20.4. The normalized spacial score (nSPS) is 34.0. The molecule has 0 amide bonds. The van der Waals surface area contributed by atoms with Gasteiger partial charge in [0.1, 0.15) is 0 Å². The molecule has 0 aromatic carbocycles. The summed E-state index contributed by atoms with van der Waals surface area (Å²) in [5.41, 5.74) is 0. The van der Waals surface area contributed by atoms with Gasteiger partial charge in [-0.25, -0.2) is 0 Å². The first-order chi connectivity index (χ1) is 3.84. The molecule has 0 radical (unpaired) electrons. The number of hydrogen-bond acceptors (Lipinski definition) is 3. The van der Waals surface area contributed by atoms with Gasteiger partial charge in [0.15, 0.2) is 0 Å². The fourth-order valence-corrected chi connectivity index (χ4v) is 0.940. The van der Waals surface area contributed by atoms with Gasteiger partial charge in [-0.05, 0) is 13.0 Å². The average Bonchev–Trinajstić information content (AvgIpc) is 2.14. The summed E-state index contributed by atoms with van der Waals surface area (Å²) in [4.78, 5) is 0. The average molecular weight is 154 g/mol. The summed E-state index contributed by atoms with van der Waals surface area (Å²) in [5.74, 6) is 0. The van der Waals surface area contributed by atoms with Crippen LogP contribution in [0.15, 0.2) is 0 Å². The molecule has 3 N–H and O–H groups in total. The first-order valence-electron chi connectivity index (χ1n) is 2.87. The van der Waals surface area contributed by atoms with E-state index in [1.807, 2.05) is 0 Å². The Morgan fingerprint density at radius 1 is 1.56 bits per heavy atom. The van der Waals surface area contributed by atoms with Gasteiger partial charge in [0.25, 0.3) is 0 Å². The fourth-order valence-electron chi connectivity index (χ4n) is 0.940. The minimum Gasteiger partial charge on any atom is -0.395 e. The third kappa shape index (κ3) is 2.10. The molecule has 1 aliphatic heterocycles. The number of nitrogens with one attached hydrogen (secondary N) is 1. The highest BCUT2D eigenvalue weighted by Crippen LogP contribution is 2.04. The van der Waals surface area contributed by atoms with Crippen molar-refractivity contribution in [2.45, 2.75) is 18.6 Å². The van der Waals surface area contributed by atoms with E-state index in [9.17, 15) is 0 Å². The molecule has 9 heavy (non-hydrogen) atoms. The van der Waals surface area contributed by atoms with Crippen LogP contribution in [0.3, 0.4) is 0 Å². The van der Waals surface area contributed by atoms with Crippen molar-refractivity contribution >= 4 is 12.4 Å². The zero-order valence-electron chi connectivity index (χ0n) is 5.08. The van der Waals surface area contributed by atoms with E-state index in [4.69, 9.17) is 10.2 Å². The summed E-state index contributed by atoms with van der Waals surface area (Å²) < 4.78 is 0. The molecule has 0 unspecified atom stereocenters. The van der Waals surface area contributed by atoms with Crippen molar-refractivity contribution in [3.8, 4) is 0 Å². The quantitative estimate of drug-likeness (QED) is 0.459. The van der Waals surface area contributed by atoms with E-state index < -0.39 is 0 Å². The molecule has 1 fully saturated rings. The van der Waals surface area contributed by atoms with E-state index in [0.717, 1.165) is 13.0 Å². The Morgan fingerprint density at radius 3 is 2.44 bits per heavy atom. The second kappa shape index (κ2) is 4.06. The lowest BCUT2D eigenvalue weighted by molar-refractivity contribution is 0.121. The summed E-state index contributed by atoms with van der Waals surface area (Å²) in [6.07, 6.45) is 0.436.